The van der Waals surface area contributed by atoms with E-state index in [0.29, 0.717) is 54.8 Å². The SMILES string of the molecule is COCCCC=C1CCC(CC2CCC(NC(O)C3CCC(C)C(C4C(C(C)F)CC5CCCCC54)C3)CC2C(F)(F)F)C1. The molecule has 5 rings (SSSR count). The Morgan fingerprint density at radius 2 is 1.80 bits per heavy atom. The number of ether oxygens (including phenoxy) is 1. The summed E-state index contributed by atoms with van der Waals surface area (Å²) in [5, 5.41) is 14.7. The number of hydrogen-bond donors (Lipinski definition) is 2. The Balaban J connectivity index is 1.16. The first-order valence-electron chi connectivity index (χ1n) is 18.4. The number of rotatable bonds is 11. The van der Waals surface area contributed by atoms with Gasteiger partial charge in [-0.3, -0.25) is 5.32 Å². The summed E-state index contributed by atoms with van der Waals surface area (Å²) in [5.74, 6) is 1.40. The highest BCUT2D eigenvalue weighted by atomic mass is 19.4. The lowest BCUT2D eigenvalue weighted by Crippen LogP contribution is -2.50. The highest BCUT2D eigenvalue weighted by Gasteiger charge is 2.52. The van der Waals surface area contributed by atoms with Gasteiger partial charge >= 0.3 is 6.18 Å². The van der Waals surface area contributed by atoms with Crippen molar-refractivity contribution in [3.63, 3.8) is 0 Å². The van der Waals surface area contributed by atoms with E-state index in [4.69, 9.17) is 4.74 Å². The second-order valence-electron chi connectivity index (χ2n) is 15.9. The molecule has 0 saturated heterocycles. The second kappa shape index (κ2) is 15.5. The lowest BCUT2D eigenvalue weighted by Gasteiger charge is -2.45. The predicted octanol–water partition coefficient (Wildman–Crippen LogP) is 9.64. The number of unbranched alkanes of at least 4 members (excludes halogenated alkanes) is 1. The van der Waals surface area contributed by atoms with Crippen LogP contribution < -0.4 is 5.32 Å². The van der Waals surface area contributed by atoms with E-state index < -0.39 is 24.5 Å². The molecule has 5 saturated carbocycles. The van der Waals surface area contributed by atoms with E-state index in [1.807, 2.05) is 0 Å². The van der Waals surface area contributed by atoms with E-state index in [2.05, 4.69) is 18.3 Å². The summed E-state index contributed by atoms with van der Waals surface area (Å²) >= 11 is 0. The van der Waals surface area contributed by atoms with Crippen molar-refractivity contribution < 1.29 is 27.4 Å². The molecule has 0 aromatic heterocycles. The van der Waals surface area contributed by atoms with Crippen molar-refractivity contribution in [3.05, 3.63) is 11.6 Å². The van der Waals surface area contributed by atoms with Crippen molar-refractivity contribution in [2.45, 2.75) is 148 Å². The van der Waals surface area contributed by atoms with Crippen LogP contribution in [0.5, 0.6) is 0 Å². The van der Waals surface area contributed by atoms with Crippen LogP contribution in [0, 0.1) is 59.2 Å². The third-order valence-corrected chi connectivity index (χ3v) is 13.2. The third kappa shape index (κ3) is 8.43. The van der Waals surface area contributed by atoms with E-state index in [1.54, 1.807) is 14.0 Å². The summed E-state index contributed by atoms with van der Waals surface area (Å²) < 4.78 is 63.3. The summed E-state index contributed by atoms with van der Waals surface area (Å²) in [7, 11) is 1.71. The van der Waals surface area contributed by atoms with Crippen molar-refractivity contribution in [3.8, 4) is 0 Å². The number of aliphatic hydroxyl groups excluding tert-OH is 1. The molecule has 0 aliphatic heterocycles. The summed E-state index contributed by atoms with van der Waals surface area (Å²) in [6.45, 7) is 4.81. The van der Waals surface area contributed by atoms with Crippen molar-refractivity contribution >= 4 is 0 Å². The number of halogens is 4. The molecule has 254 valence electrons. The number of aliphatic hydroxyl groups is 1. The monoisotopic (exact) mass is 627 g/mol. The highest BCUT2D eigenvalue weighted by Crippen LogP contribution is 2.57. The molecule has 0 aromatic rings. The van der Waals surface area contributed by atoms with E-state index in [9.17, 15) is 22.7 Å². The highest BCUT2D eigenvalue weighted by molar-refractivity contribution is 5.09. The average Bonchev–Trinajstić information content (AvgIpc) is 3.60. The van der Waals surface area contributed by atoms with Gasteiger partial charge < -0.3 is 9.84 Å². The van der Waals surface area contributed by atoms with Crippen molar-refractivity contribution in [2.75, 3.05) is 13.7 Å². The quantitative estimate of drug-likeness (QED) is 0.104. The van der Waals surface area contributed by atoms with E-state index in [1.165, 1.54) is 31.3 Å². The molecule has 44 heavy (non-hydrogen) atoms. The maximum atomic E-state index is 15.0. The first-order valence-corrected chi connectivity index (χ1v) is 18.4. The smallest absolute Gasteiger partial charge is 0.385 e. The number of hydrogen-bond acceptors (Lipinski definition) is 3. The molecule has 2 N–H and O–H groups in total. The Hall–Kier alpha value is -0.660. The molecule has 5 aliphatic carbocycles. The van der Waals surface area contributed by atoms with Gasteiger partial charge in [0.25, 0.3) is 0 Å². The lowest BCUT2D eigenvalue weighted by molar-refractivity contribution is -0.201. The first kappa shape index (κ1) is 34.7. The fourth-order valence-corrected chi connectivity index (χ4v) is 11.0. The van der Waals surface area contributed by atoms with Crippen LogP contribution in [0.2, 0.25) is 0 Å². The Labute approximate surface area is 264 Å². The maximum Gasteiger partial charge on any atom is 0.392 e. The molecule has 0 spiro atoms. The van der Waals surface area contributed by atoms with Crippen molar-refractivity contribution in [2.24, 2.45) is 59.2 Å². The molecule has 0 aromatic carbocycles. The van der Waals surface area contributed by atoms with Crippen LogP contribution in [-0.4, -0.2) is 43.4 Å². The van der Waals surface area contributed by atoms with Crippen molar-refractivity contribution in [1.82, 2.24) is 5.32 Å². The van der Waals surface area contributed by atoms with Crippen molar-refractivity contribution in [1.29, 1.82) is 0 Å². The second-order valence-corrected chi connectivity index (χ2v) is 15.9. The molecule has 3 nitrogen and oxygen atoms in total. The third-order valence-electron chi connectivity index (χ3n) is 13.2. The van der Waals surface area contributed by atoms with Crippen LogP contribution >= 0.6 is 0 Å². The molecule has 5 aliphatic rings. The first-order chi connectivity index (χ1) is 21.0. The minimum Gasteiger partial charge on any atom is -0.385 e. The van der Waals surface area contributed by atoms with Crippen LogP contribution in [0.3, 0.4) is 0 Å². The molecule has 7 heteroatoms. The minimum atomic E-state index is -4.21. The van der Waals surface area contributed by atoms with E-state index in [0.717, 1.165) is 64.4 Å². The van der Waals surface area contributed by atoms with Gasteiger partial charge in [0.15, 0.2) is 0 Å². The van der Waals surface area contributed by atoms with Crippen LogP contribution in [0.4, 0.5) is 17.6 Å². The number of alkyl halides is 4. The number of nitrogens with one attached hydrogen (secondary N) is 1. The normalized spacial score (nSPS) is 42.4. The summed E-state index contributed by atoms with van der Waals surface area (Å²) in [4.78, 5) is 0. The molecular weight excluding hydrogens is 566 g/mol. The van der Waals surface area contributed by atoms with E-state index >= 15 is 0 Å². The van der Waals surface area contributed by atoms with Gasteiger partial charge in [0.05, 0.1) is 5.92 Å². The molecule has 13 atom stereocenters. The van der Waals surface area contributed by atoms with E-state index in [-0.39, 0.29) is 30.2 Å². The van der Waals surface area contributed by atoms with Gasteiger partial charge in [-0.05, 0) is 144 Å². The van der Waals surface area contributed by atoms with Gasteiger partial charge in [-0.15, -0.1) is 0 Å². The summed E-state index contributed by atoms with van der Waals surface area (Å²) in [6, 6.07) is -0.307. The van der Waals surface area contributed by atoms with Gasteiger partial charge in [0.1, 0.15) is 12.4 Å². The van der Waals surface area contributed by atoms with Gasteiger partial charge in [0.2, 0.25) is 0 Å². The summed E-state index contributed by atoms with van der Waals surface area (Å²) in [6.07, 6.45) is 12.2. The lowest BCUT2D eigenvalue weighted by atomic mass is 9.62. The van der Waals surface area contributed by atoms with Crippen LogP contribution in [0.1, 0.15) is 123 Å². The largest absolute Gasteiger partial charge is 0.392 e. The van der Waals surface area contributed by atoms with Gasteiger partial charge in [-0.1, -0.05) is 44.3 Å². The van der Waals surface area contributed by atoms with Crippen LogP contribution in [-0.2, 0) is 4.74 Å². The topological polar surface area (TPSA) is 41.5 Å². The Kier molecular flexibility index (Phi) is 12.2. The molecule has 13 unspecified atom stereocenters. The van der Waals surface area contributed by atoms with Gasteiger partial charge in [-0.25, -0.2) is 4.39 Å². The summed E-state index contributed by atoms with van der Waals surface area (Å²) in [5.41, 5.74) is 1.41. The molecular formula is C37H61F4NO2. The van der Waals surface area contributed by atoms with Crippen LogP contribution in [0.25, 0.3) is 0 Å². The zero-order valence-corrected chi connectivity index (χ0v) is 27.7. The maximum absolute atomic E-state index is 15.0. The molecule has 0 bridgehead atoms. The number of allylic oxidation sites excluding steroid dienone is 2. The zero-order valence-electron chi connectivity index (χ0n) is 27.7. The molecule has 0 heterocycles. The number of methoxy groups -OCH3 is 1. The number of fused-ring (bicyclic) bond motifs is 1. The fraction of sp³-hybridized carbons (Fsp3) is 0.946. The molecule has 5 fully saturated rings. The zero-order chi connectivity index (χ0) is 31.4. The Morgan fingerprint density at radius 3 is 2.55 bits per heavy atom. The Morgan fingerprint density at radius 1 is 1.00 bits per heavy atom. The van der Waals surface area contributed by atoms with Gasteiger partial charge in [-0.2, -0.15) is 13.2 Å². The fourth-order valence-electron chi connectivity index (χ4n) is 11.0. The van der Waals surface area contributed by atoms with Gasteiger partial charge in [0, 0.05) is 19.8 Å². The standard InChI is InChI=1S/C37H61F4NO2/c1-23-11-14-29(21-32(23)35-31-10-5-4-9-27(31)20-33(35)24(2)38)36(43)42-30-16-15-28(34(22-30)37(39,40)41)19-26-13-12-25(18-26)8-6-7-17-44-3/h8,23-24,26-36,42-43H,4-7,9-22H2,1-3H3. The predicted molar refractivity (Wildman–Crippen MR) is 169 cm³/mol. The molecule has 0 radical (unpaired) electrons. The van der Waals surface area contributed by atoms with Crippen LogP contribution in [0.15, 0.2) is 11.6 Å². The Bertz CT molecular complexity index is 922. The minimum absolute atomic E-state index is 0.0315. The average molecular weight is 628 g/mol. The molecule has 0 amide bonds.